The van der Waals surface area contributed by atoms with Crippen LogP contribution in [0.3, 0.4) is 0 Å². The fourth-order valence-corrected chi connectivity index (χ4v) is 7.88. The van der Waals surface area contributed by atoms with Crippen LogP contribution in [0.5, 0.6) is 0 Å². The van der Waals surface area contributed by atoms with Crippen molar-refractivity contribution in [3.8, 4) is 0 Å². The van der Waals surface area contributed by atoms with Crippen molar-refractivity contribution in [2.75, 3.05) is 6.66 Å². The molecule has 0 saturated heterocycles. The molecule has 0 aliphatic carbocycles. The second-order valence-electron chi connectivity index (χ2n) is 9.88. The highest BCUT2D eigenvalue weighted by Crippen LogP contribution is 2.54. The molecule has 28 heavy (non-hydrogen) atoms. The predicted octanol–water partition coefficient (Wildman–Crippen LogP) is 6.21. The molecule has 0 saturated carbocycles. The molecule has 3 aromatic rings. The summed E-state index contributed by atoms with van der Waals surface area (Å²) in [7, 11) is -1.76. The zero-order valence-corrected chi connectivity index (χ0v) is 19.3. The first-order chi connectivity index (χ1) is 13.1. The highest BCUT2D eigenvalue weighted by molar-refractivity contribution is 7.95. The molecule has 0 spiro atoms. The van der Waals surface area contributed by atoms with E-state index in [2.05, 4.69) is 127 Å². The van der Waals surface area contributed by atoms with Gasteiger partial charge in [0.1, 0.15) is 23.2 Å². The molecule has 3 rings (SSSR count). The van der Waals surface area contributed by atoms with Gasteiger partial charge in [-0.2, -0.15) is 0 Å². The van der Waals surface area contributed by atoms with Crippen molar-refractivity contribution in [2.24, 2.45) is 0 Å². The third-order valence-corrected chi connectivity index (χ3v) is 9.63. The zero-order valence-electron chi connectivity index (χ0n) is 18.5. The highest BCUT2D eigenvalue weighted by atomic mass is 31.2. The van der Waals surface area contributed by atoms with Crippen LogP contribution < -0.4 is 15.9 Å². The maximum absolute atomic E-state index is 2.49. The first-order valence-corrected chi connectivity index (χ1v) is 12.4. The Morgan fingerprint density at radius 1 is 0.536 bits per heavy atom. The van der Waals surface area contributed by atoms with E-state index in [4.69, 9.17) is 0 Å². The number of hydrogen-bond donors (Lipinski definition) is 0. The van der Waals surface area contributed by atoms with Gasteiger partial charge in [0.2, 0.25) is 0 Å². The van der Waals surface area contributed by atoms with Gasteiger partial charge in [-0.25, -0.2) is 0 Å². The number of rotatable bonds is 3. The van der Waals surface area contributed by atoms with Crippen LogP contribution in [0.15, 0.2) is 78.9 Å². The summed E-state index contributed by atoms with van der Waals surface area (Å²) in [5, 5.41) is 4.40. The Balaban J connectivity index is 2.44. The molecule has 0 radical (unpaired) electrons. The average Bonchev–Trinajstić information content (AvgIpc) is 2.67. The monoisotopic (exact) mass is 389 g/mol. The fourth-order valence-electron chi connectivity index (χ4n) is 4.21. The predicted molar refractivity (Wildman–Crippen MR) is 128 cm³/mol. The normalized spacial score (nSPS) is 12.8. The molecule has 0 heterocycles. The molecule has 0 aliphatic rings. The average molecular weight is 390 g/mol. The first kappa shape index (κ1) is 20.8. The van der Waals surface area contributed by atoms with E-state index in [0.717, 1.165) is 0 Å². The van der Waals surface area contributed by atoms with E-state index in [1.54, 1.807) is 0 Å². The van der Waals surface area contributed by atoms with Gasteiger partial charge < -0.3 is 0 Å². The Morgan fingerprint density at radius 2 is 1.00 bits per heavy atom. The van der Waals surface area contributed by atoms with Gasteiger partial charge in [0.25, 0.3) is 0 Å². The van der Waals surface area contributed by atoms with E-state index in [1.165, 1.54) is 27.0 Å². The second kappa shape index (κ2) is 7.49. The standard InChI is InChI=1S/C27H34P/c1-26(2,3)23-19-14-20-24(25(23)27(4,5)6)28(7,21-15-10-8-11-16-21)22-17-12-9-13-18-22/h8-20H,1-7H3/q+1. The lowest BCUT2D eigenvalue weighted by Gasteiger charge is -2.35. The van der Waals surface area contributed by atoms with Crippen molar-refractivity contribution < 1.29 is 0 Å². The van der Waals surface area contributed by atoms with E-state index >= 15 is 0 Å². The van der Waals surface area contributed by atoms with Crippen LogP contribution in [0.2, 0.25) is 0 Å². The van der Waals surface area contributed by atoms with Crippen molar-refractivity contribution in [2.45, 2.75) is 52.4 Å². The molecule has 0 amide bonds. The minimum absolute atomic E-state index is 0.0734. The lowest BCUT2D eigenvalue weighted by atomic mass is 9.75. The Morgan fingerprint density at radius 3 is 1.39 bits per heavy atom. The van der Waals surface area contributed by atoms with Gasteiger partial charge in [-0.05, 0) is 46.7 Å². The van der Waals surface area contributed by atoms with Crippen molar-refractivity contribution in [3.63, 3.8) is 0 Å². The summed E-state index contributed by atoms with van der Waals surface area (Å²) in [6.07, 6.45) is 0. The van der Waals surface area contributed by atoms with Gasteiger partial charge in [-0.1, -0.05) is 90.1 Å². The molecule has 0 atom stereocenters. The van der Waals surface area contributed by atoms with Gasteiger partial charge in [0, 0.05) is 5.56 Å². The molecule has 0 N–H and O–H groups in total. The minimum atomic E-state index is -1.76. The Labute approximate surface area is 172 Å². The molecule has 0 fully saturated rings. The van der Waals surface area contributed by atoms with E-state index < -0.39 is 7.26 Å². The molecular formula is C27H34P+. The summed E-state index contributed by atoms with van der Waals surface area (Å²) < 4.78 is 0. The zero-order chi connectivity index (χ0) is 20.6. The van der Waals surface area contributed by atoms with Crippen LogP contribution in [-0.4, -0.2) is 6.66 Å². The molecule has 0 aliphatic heterocycles. The minimum Gasteiger partial charge on any atom is -0.0620 e. The summed E-state index contributed by atoms with van der Waals surface area (Å²) in [6.45, 7) is 16.6. The van der Waals surface area contributed by atoms with Crippen molar-refractivity contribution >= 4 is 23.2 Å². The van der Waals surface area contributed by atoms with Gasteiger partial charge in [0.15, 0.2) is 0 Å². The van der Waals surface area contributed by atoms with Crippen LogP contribution in [0.25, 0.3) is 0 Å². The largest absolute Gasteiger partial charge is 0.109 e. The summed E-state index contributed by atoms with van der Waals surface area (Å²) in [5.41, 5.74) is 3.17. The maximum atomic E-state index is 2.49. The van der Waals surface area contributed by atoms with Gasteiger partial charge in [-0.3, -0.25) is 0 Å². The van der Waals surface area contributed by atoms with Gasteiger partial charge >= 0.3 is 0 Å². The quantitative estimate of drug-likeness (QED) is 0.468. The first-order valence-electron chi connectivity index (χ1n) is 10.2. The van der Waals surface area contributed by atoms with Gasteiger partial charge in [0.05, 0.1) is 6.66 Å². The van der Waals surface area contributed by atoms with Crippen LogP contribution in [-0.2, 0) is 10.8 Å². The molecule has 0 nitrogen and oxygen atoms in total. The summed E-state index contributed by atoms with van der Waals surface area (Å²) in [6, 6.07) is 29.2. The van der Waals surface area contributed by atoms with Crippen molar-refractivity contribution in [1.82, 2.24) is 0 Å². The lowest BCUT2D eigenvalue weighted by Crippen LogP contribution is -2.37. The number of benzene rings is 3. The summed E-state index contributed by atoms with van der Waals surface area (Å²) in [5.74, 6) is 0. The molecule has 0 bridgehead atoms. The van der Waals surface area contributed by atoms with E-state index in [9.17, 15) is 0 Å². The molecule has 3 aromatic carbocycles. The van der Waals surface area contributed by atoms with E-state index in [0.29, 0.717) is 0 Å². The smallest absolute Gasteiger partial charge is 0.0620 e. The maximum Gasteiger partial charge on any atom is 0.109 e. The van der Waals surface area contributed by atoms with Crippen molar-refractivity contribution in [3.05, 3.63) is 90.0 Å². The third kappa shape index (κ3) is 3.81. The highest BCUT2D eigenvalue weighted by Gasteiger charge is 2.45. The van der Waals surface area contributed by atoms with Gasteiger partial charge in [-0.15, -0.1) is 0 Å². The topological polar surface area (TPSA) is 0 Å². The van der Waals surface area contributed by atoms with Crippen LogP contribution in [0.1, 0.15) is 52.7 Å². The Hall–Kier alpha value is -1.91. The summed E-state index contributed by atoms with van der Waals surface area (Å²) >= 11 is 0. The SMILES string of the molecule is CC(C)(C)c1cccc([P+](C)(c2ccccc2)c2ccccc2)c1C(C)(C)C. The molecule has 0 unspecified atom stereocenters. The summed E-state index contributed by atoms with van der Waals surface area (Å²) in [4.78, 5) is 0. The third-order valence-electron chi connectivity index (χ3n) is 5.63. The molecule has 146 valence electrons. The lowest BCUT2D eigenvalue weighted by molar-refractivity contribution is 0.533. The van der Waals surface area contributed by atoms with Crippen LogP contribution >= 0.6 is 7.26 Å². The molecule has 1 heteroatoms. The van der Waals surface area contributed by atoms with Crippen LogP contribution in [0.4, 0.5) is 0 Å². The molecular weight excluding hydrogens is 355 g/mol. The fraction of sp³-hybridized carbons (Fsp3) is 0.333. The van der Waals surface area contributed by atoms with Crippen LogP contribution in [0, 0.1) is 0 Å². The Bertz CT molecular complexity index is 886. The number of hydrogen-bond acceptors (Lipinski definition) is 0. The Kier molecular flexibility index (Phi) is 5.57. The van der Waals surface area contributed by atoms with Crippen molar-refractivity contribution in [1.29, 1.82) is 0 Å². The van der Waals surface area contributed by atoms with E-state index in [-0.39, 0.29) is 10.8 Å². The second-order valence-corrected chi connectivity index (χ2v) is 13.4. The van der Waals surface area contributed by atoms with E-state index in [1.807, 2.05) is 0 Å². The molecule has 0 aromatic heterocycles.